The number of carbonyl (C=O) groups excluding carboxylic acids is 8. The molecule has 0 radical (unpaired) electrons. The van der Waals surface area contributed by atoms with E-state index in [1.54, 1.807) is 52.0 Å². The summed E-state index contributed by atoms with van der Waals surface area (Å²) in [5.74, 6) is -5.79. The van der Waals surface area contributed by atoms with Crippen molar-refractivity contribution in [2.75, 3.05) is 18.4 Å². The number of ether oxygens (including phenoxy) is 1. The Morgan fingerprint density at radius 2 is 1.40 bits per heavy atom. The molecule has 0 fully saturated rings. The van der Waals surface area contributed by atoms with Crippen molar-refractivity contribution in [3.63, 3.8) is 0 Å². The number of unbranched alkanes of at least 4 members (excludes halogenated alkanes) is 2. The Morgan fingerprint density at radius 1 is 0.764 bits per heavy atom. The highest BCUT2D eigenvalue weighted by Gasteiger charge is 2.32. The van der Waals surface area contributed by atoms with Crippen molar-refractivity contribution in [1.29, 1.82) is 0 Å². The van der Waals surface area contributed by atoms with Gasteiger partial charge >= 0.3 is 18.0 Å². The molecule has 1 aliphatic heterocycles. The summed E-state index contributed by atoms with van der Waals surface area (Å²) in [4.78, 5) is 112. The number of rotatable bonds is 24. The zero-order valence-electron chi connectivity index (χ0n) is 31.7. The number of benzene rings is 1. The van der Waals surface area contributed by atoms with Crippen LogP contribution in [0.15, 0.2) is 36.4 Å². The standard InChI is InChI=1S/C37H53N7O11/c1-22(2)32(43-34(51)27(15-18-31(48)49)41-28(45)10-6-5-7-20-44-29(46)16-17-30(44)47)35(52)42-26(9-8-19-39-37(38)54)33(50)40-25-13-11-24(12-14-25)21-55-36(53)23(3)4/h11-14,16-17,22-23,26-27,32H,5-10,15,18-21H2,1-4H3,(H,40,50)(H,41,45)(H,42,52)(H,43,51)(H,48,49)(H3,38,39,54)/t26-,27-,32-/m0/s1. The van der Waals surface area contributed by atoms with Crippen LogP contribution in [0, 0.1) is 11.8 Å². The van der Waals surface area contributed by atoms with Gasteiger partial charge in [-0.3, -0.25) is 43.3 Å². The Kier molecular flexibility index (Phi) is 19.0. The number of hydrogen-bond donors (Lipinski definition) is 7. The molecule has 0 spiro atoms. The number of aliphatic carboxylic acids is 1. The summed E-state index contributed by atoms with van der Waals surface area (Å²) in [7, 11) is 0. The lowest BCUT2D eigenvalue weighted by molar-refractivity contribution is -0.148. The molecule has 1 aromatic rings. The van der Waals surface area contributed by atoms with Crippen LogP contribution < -0.4 is 32.3 Å². The molecule has 0 aliphatic carbocycles. The highest BCUT2D eigenvalue weighted by Crippen LogP contribution is 2.14. The molecular weight excluding hydrogens is 718 g/mol. The van der Waals surface area contributed by atoms with Gasteiger partial charge < -0.3 is 42.2 Å². The van der Waals surface area contributed by atoms with Crippen LogP contribution in [-0.4, -0.2) is 94.6 Å². The van der Waals surface area contributed by atoms with E-state index in [2.05, 4.69) is 26.6 Å². The first-order valence-corrected chi connectivity index (χ1v) is 18.2. The quantitative estimate of drug-likeness (QED) is 0.0446. The average molecular weight is 772 g/mol. The number of urea groups is 1. The highest BCUT2D eigenvalue weighted by atomic mass is 16.5. The van der Waals surface area contributed by atoms with Gasteiger partial charge in [-0.05, 0) is 55.7 Å². The number of primary amides is 1. The molecule has 2 rings (SSSR count). The van der Waals surface area contributed by atoms with Crippen molar-refractivity contribution in [1.82, 2.24) is 26.2 Å². The van der Waals surface area contributed by atoms with Crippen LogP contribution in [0.3, 0.4) is 0 Å². The predicted molar refractivity (Wildman–Crippen MR) is 198 cm³/mol. The molecule has 0 bridgehead atoms. The third-order valence-corrected chi connectivity index (χ3v) is 8.41. The summed E-state index contributed by atoms with van der Waals surface area (Å²) in [5, 5.41) is 22.2. The molecule has 8 amide bonds. The number of hydrogen-bond acceptors (Lipinski definition) is 10. The van der Waals surface area contributed by atoms with E-state index in [9.17, 15) is 48.3 Å². The second kappa shape index (κ2) is 23.1. The average Bonchev–Trinajstić information content (AvgIpc) is 3.44. The fourth-order valence-corrected chi connectivity index (χ4v) is 5.26. The second-order valence-electron chi connectivity index (χ2n) is 13.7. The Balaban J connectivity index is 2.07. The van der Waals surface area contributed by atoms with E-state index in [4.69, 9.17) is 10.5 Å². The van der Waals surface area contributed by atoms with Gasteiger partial charge in [-0.2, -0.15) is 0 Å². The van der Waals surface area contributed by atoms with Gasteiger partial charge in [-0.1, -0.05) is 46.2 Å². The number of imide groups is 1. The Hall–Kier alpha value is -5.81. The molecule has 0 unspecified atom stereocenters. The van der Waals surface area contributed by atoms with Crippen molar-refractivity contribution in [2.45, 2.75) is 104 Å². The van der Waals surface area contributed by atoms with E-state index in [0.717, 1.165) is 4.90 Å². The number of anilines is 1. The largest absolute Gasteiger partial charge is 0.481 e. The molecule has 302 valence electrons. The molecule has 1 aliphatic rings. The van der Waals surface area contributed by atoms with Crippen LogP contribution in [0.1, 0.15) is 84.6 Å². The van der Waals surface area contributed by atoms with Crippen LogP contribution in [0.4, 0.5) is 10.5 Å². The summed E-state index contributed by atoms with van der Waals surface area (Å²) in [6.07, 6.45) is 3.30. The van der Waals surface area contributed by atoms with Gasteiger partial charge in [0.1, 0.15) is 24.7 Å². The third kappa shape index (κ3) is 16.8. The molecule has 1 aromatic carbocycles. The van der Waals surface area contributed by atoms with E-state index in [1.165, 1.54) is 12.2 Å². The molecular formula is C37H53N7O11. The summed E-state index contributed by atoms with van der Waals surface area (Å²) in [6, 6.07) is 2.14. The van der Waals surface area contributed by atoms with Gasteiger partial charge in [0.25, 0.3) is 11.8 Å². The van der Waals surface area contributed by atoms with Gasteiger partial charge in [0, 0.05) is 43.8 Å². The molecule has 18 nitrogen and oxygen atoms in total. The highest BCUT2D eigenvalue weighted by molar-refractivity contribution is 6.12. The maximum atomic E-state index is 13.6. The van der Waals surface area contributed by atoms with Crippen LogP contribution >= 0.6 is 0 Å². The maximum Gasteiger partial charge on any atom is 0.312 e. The predicted octanol–water partition coefficient (Wildman–Crippen LogP) is 1.23. The fourth-order valence-electron chi connectivity index (χ4n) is 5.26. The molecule has 0 saturated heterocycles. The number of amides is 8. The molecule has 0 aromatic heterocycles. The first-order valence-electron chi connectivity index (χ1n) is 18.2. The van der Waals surface area contributed by atoms with Gasteiger partial charge in [0.05, 0.1) is 5.92 Å². The van der Waals surface area contributed by atoms with E-state index in [-0.39, 0.29) is 57.3 Å². The van der Waals surface area contributed by atoms with E-state index >= 15 is 0 Å². The van der Waals surface area contributed by atoms with E-state index in [1.807, 2.05) is 0 Å². The number of esters is 1. The number of carboxylic acids is 1. The summed E-state index contributed by atoms with van der Waals surface area (Å²) >= 11 is 0. The molecule has 18 heteroatoms. The number of nitrogens with zero attached hydrogens (tertiary/aromatic N) is 1. The zero-order valence-corrected chi connectivity index (χ0v) is 31.7. The normalized spacial score (nSPS) is 13.9. The Morgan fingerprint density at radius 3 is 1.98 bits per heavy atom. The topological polar surface area (TPSA) is 272 Å². The summed E-state index contributed by atoms with van der Waals surface area (Å²) < 4.78 is 5.23. The minimum absolute atomic E-state index is 0.0131. The maximum absolute atomic E-state index is 13.6. The zero-order chi connectivity index (χ0) is 41.1. The van der Waals surface area contributed by atoms with Crippen LogP contribution in [-0.2, 0) is 49.7 Å². The van der Waals surface area contributed by atoms with E-state index in [0.29, 0.717) is 30.5 Å². The van der Waals surface area contributed by atoms with Crippen molar-refractivity contribution in [3.05, 3.63) is 42.0 Å². The van der Waals surface area contributed by atoms with Crippen LogP contribution in [0.25, 0.3) is 0 Å². The lowest BCUT2D eigenvalue weighted by Gasteiger charge is -2.27. The monoisotopic (exact) mass is 771 g/mol. The summed E-state index contributed by atoms with van der Waals surface area (Å²) in [6.45, 7) is 7.10. The first kappa shape index (κ1) is 45.3. The SMILES string of the molecule is CC(C)C(=O)OCc1ccc(NC(=O)[C@H](CCCNC(N)=O)NC(=O)[C@@H](NC(=O)[C@H](CCC(=O)O)NC(=O)CCCCCN2C(=O)C=CC2=O)C(C)C)cc1. The number of carbonyl (C=O) groups is 9. The Bertz CT molecular complexity index is 1560. The fraction of sp³-hybridized carbons (Fsp3) is 0.541. The molecule has 0 saturated carbocycles. The Labute approximate surface area is 319 Å². The van der Waals surface area contributed by atoms with Gasteiger partial charge in [-0.15, -0.1) is 0 Å². The van der Waals surface area contributed by atoms with E-state index < -0.39 is 77.9 Å². The minimum Gasteiger partial charge on any atom is -0.481 e. The van der Waals surface area contributed by atoms with Crippen molar-refractivity contribution >= 4 is 59.1 Å². The minimum atomic E-state index is -1.29. The van der Waals surface area contributed by atoms with Gasteiger partial charge in [-0.25, -0.2) is 4.79 Å². The number of nitrogens with two attached hydrogens (primary N) is 1. The second-order valence-corrected chi connectivity index (χ2v) is 13.7. The van der Waals surface area contributed by atoms with Crippen molar-refractivity contribution in [3.8, 4) is 0 Å². The molecule has 1 heterocycles. The van der Waals surface area contributed by atoms with Crippen LogP contribution in [0.2, 0.25) is 0 Å². The smallest absolute Gasteiger partial charge is 0.312 e. The molecule has 3 atom stereocenters. The number of nitrogens with one attached hydrogen (secondary N) is 5. The van der Waals surface area contributed by atoms with Crippen LogP contribution in [0.5, 0.6) is 0 Å². The van der Waals surface area contributed by atoms with Gasteiger partial charge in [0.2, 0.25) is 23.6 Å². The molecule has 8 N–H and O–H groups in total. The van der Waals surface area contributed by atoms with Crippen molar-refractivity contribution < 1.29 is 53.0 Å². The lowest BCUT2D eigenvalue weighted by Crippen LogP contribution is -2.57. The van der Waals surface area contributed by atoms with Gasteiger partial charge in [0.15, 0.2) is 0 Å². The first-order chi connectivity index (χ1) is 26.0. The number of carboxylic acid groups (broad SMARTS) is 1. The lowest BCUT2D eigenvalue weighted by atomic mass is 10.0. The third-order valence-electron chi connectivity index (χ3n) is 8.41. The molecule has 55 heavy (non-hydrogen) atoms. The van der Waals surface area contributed by atoms with Crippen molar-refractivity contribution in [2.24, 2.45) is 17.6 Å². The summed E-state index contributed by atoms with van der Waals surface area (Å²) in [5.41, 5.74) is 6.22.